The number of hydrogen-bond acceptors (Lipinski definition) is 1. The molecule has 0 atom stereocenters. The van der Waals surface area contributed by atoms with E-state index in [2.05, 4.69) is 38.2 Å². The van der Waals surface area contributed by atoms with Crippen molar-refractivity contribution >= 4 is 5.91 Å². The molecule has 3 nitrogen and oxygen atoms in total. The molecule has 2 rings (SSSR count). The Morgan fingerprint density at radius 1 is 1.11 bits per heavy atom. The summed E-state index contributed by atoms with van der Waals surface area (Å²) < 4.78 is 0. The SMILES string of the molecule is CC(C)(C)c1ccc(C(=O)N2CC[NH2+]CC2)cc1. The maximum Gasteiger partial charge on any atom is 0.254 e. The van der Waals surface area contributed by atoms with Gasteiger partial charge in [-0.2, -0.15) is 0 Å². The van der Waals surface area contributed by atoms with Crippen molar-refractivity contribution in [1.29, 1.82) is 0 Å². The number of quaternary nitrogens is 1. The summed E-state index contributed by atoms with van der Waals surface area (Å²) in [7, 11) is 0. The molecule has 0 saturated carbocycles. The molecule has 1 saturated heterocycles. The molecule has 1 aromatic rings. The lowest BCUT2D eigenvalue weighted by atomic mass is 9.86. The second kappa shape index (κ2) is 5.11. The number of nitrogens with zero attached hydrogens (tertiary/aromatic N) is 1. The van der Waals surface area contributed by atoms with Crippen LogP contribution >= 0.6 is 0 Å². The van der Waals surface area contributed by atoms with Crippen LogP contribution in [-0.4, -0.2) is 37.0 Å². The molecule has 0 unspecified atom stereocenters. The van der Waals surface area contributed by atoms with Gasteiger partial charge in [-0.05, 0) is 23.1 Å². The number of carbonyl (C=O) groups is 1. The zero-order chi connectivity index (χ0) is 13.2. The van der Waals surface area contributed by atoms with Gasteiger partial charge in [0.25, 0.3) is 5.91 Å². The molecule has 0 radical (unpaired) electrons. The van der Waals surface area contributed by atoms with Gasteiger partial charge in [-0.15, -0.1) is 0 Å². The largest absolute Gasteiger partial charge is 0.343 e. The molecule has 0 aliphatic carbocycles. The molecule has 1 aliphatic heterocycles. The molecule has 18 heavy (non-hydrogen) atoms. The number of benzene rings is 1. The molecule has 3 heteroatoms. The van der Waals surface area contributed by atoms with Crippen LogP contribution in [0.4, 0.5) is 0 Å². The minimum absolute atomic E-state index is 0.141. The molecule has 0 spiro atoms. The first-order valence-electron chi connectivity index (χ1n) is 6.70. The maximum atomic E-state index is 12.3. The van der Waals surface area contributed by atoms with Crippen LogP contribution in [0.25, 0.3) is 0 Å². The molecule has 1 amide bonds. The van der Waals surface area contributed by atoms with Crippen molar-refractivity contribution in [2.75, 3.05) is 26.2 Å². The highest BCUT2D eigenvalue weighted by atomic mass is 16.2. The van der Waals surface area contributed by atoms with E-state index in [9.17, 15) is 4.79 Å². The molecule has 0 bridgehead atoms. The first-order chi connectivity index (χ1) is 8.48. The van der Waals surface area contributed by atoms with E-state index >= 15 is 0 Å². The Hall–Kier alpha value is -1.35. The lowest BCUT2D eigenvalue weighted by molar-refractivity contribution is -0.661. The van der Waals surface area contributed by atoms with Crippen LogP contribution in [0.2, 0.25) is 0 Å². The molecule has 1 aromatic carbocycles. The highest BCUT2D eigenvalue weighted by molar-refractivity contribution is 5.94. The Balaban J connectivity index is 2.11. The summed E-state index contributed by atoms with van der Waals surface area (Å²) in [4.78, 5) is 14.2. The standard InChI is InChI=1S/C15H22N2O/c1-15(2,3)13-6-4-12(5-7-13)14(18)17-10-8-16-9-11-17/h4-7,16H,8-11H2,1-3H3/p+1. The highest BCUT2D eigenvalue weighted by Gasteiger charge is 2.20. The van der Waals surface area contributed by atoms with Crippen molar-refractivity contribution in [3.63, 3.8) is 0 Å². The zero-order valence-electron chi connectivity index (χ0n) is 11.6. The van der Waals surface area contributed by atoms with Gasteiger partial charge >= 0.3 is 0 Å². The smallest absolute Gasteiger partial charge is 0.254 e. The van der Waals surface area contributed by atoms with Crippen LogP contribution in [0.1, 0.15) is 36.7 Å². The summed E-state index contributed by atoms with van der Waals surface area (Å²) in [6.07, 6.45) is 0. The van der Waals surface area contributed by atoms with Gasteiger partial charge in [-0.1, -0.05) is 32.9 Å². The van der Waals surface area contributed by atoms with E-state index in [0.717, 1.165) is 31.7 Å². The molecule has 0 aromatic heterocycles. The van der Waals surface area contributed by atoms with Gasteiger partial charge in [0.2, 0.25) is 0 Å². The van der Waals surface area contributed by atoms with E-state index in [1.54, 1.807) is 0 Å². The summed E-state index contributed by atoms with van der Waals surface area (Å²) in [6.45, 7) is 10.3. The summed E-state index contributed by atoms with van der Waals surface area (Å²) in [5, 5.41) is 2.26. The molecule has 1 aliphatic rings. The minimum Gasteiger partial charge on any atom is -0.343 e. The van der Waals surface area contributed by atoms with E-state index in [0.29, 0.717) is 0 Å². The number of amides is 1. The number of carbonyl (C=O) groups excluding carboxylic acids is 1. The van der Waals surface area contributed by atoms with Crippen molar-refractivity contribution < 1.29 is 10.1 Å². The van der Waals surface area contributed by atoms with Gasteiger partial charge in [0, 0.05) is 5.56 Å². The summed E-state index contributed by atoms with van der Waals surface area (Å²) in [6, 6.07) is 8.06. The molecule has 1 heterocycles. The van der Waals surface area contributed by atoms with E-state index in [1.807, 2.05) is 17.0 Å². The second-order valence-electron chi connectivity index (χ2n) is 5.99. The van der Waals surface area contributed by atoms with Crippen LogP contribution in [0.3, 0.4) is 0 Å². The summed E-state index contributed by atoms with van der Waals surface area (Å²) in [5.74, 6) is 0.170. The topological polar surface area (TPSA) is 36.9 Å². The van der Waals surface area contributed by atoms with E-state index in [1.165, 1.54) is 5.56 Å². The number of nitrogens with two attached hydrogens (primary N) is 1. The molecule has 98 valence electrons. The third-order valence-electron chi connectivity index (χ3n) is 3.49. The predicted octanol–water partition coefficient (Wildman–Crippen LogP) is 1.00. The van der Waals surface area contributed by atoms with E-state index in [4.69, 9.17) is 0 Å². The van der Waals surface area contributed by atoms with Crippen molar-refractivity contribution in [2.45, 2.75) is 26.2 Å². The number of hydrogen-bond donors (Lipinski definition) is 1. The first-order valence-corrected chi connectivity index (χ1v) is 6.70. The van der Waals surface area contributed by atoms with Crippen LogP contribution in [0, 0.1) is 0 Å². The van der Waals surface area contributed by atoms with Gasteiger partial charge in [-0.25, -0.2) is 0 Å². The Morgan fingerprint density at radius 3 is 2.17 bits per heavy atom. The van der Waals surface area contributed by atoms with Crippen molar-refractivity contribution in [2.24, 2.45) is 0 Å². The quantitative estimate of drug-likeness (QED) is 0.790. The maximum absolute atomic E-state index is 12.3. The van der Waals surface area contributed by atoms with Crippen LogP contribution < -0.4 is 5.32 Å². The fourth-order valence-electron chi connectivity index (χ4n) is 2.25. The van der Waals surface area contributed by atoms with Gasteiger partial charge < -0.3 is 10.2 Å². The van der Waals surface area contributed by atoms with Crippen LogP contribution in [0.5, 0.6) is 0 Å². The average molecular weight is 247 g/mol. The molecular weight excluding hydrogens is 224 g/mol. The fraction of sp³-hybridized carbons (Fsp3) is 0.533. The van der Waals surface area contributed by atoms with Crippen LogP contribution in [-0.2, 0) is 5.41 Å². The second-order valence-corrected chi connectivity index (χ2v) is 5.99. The Bertz CT molecular complexity index is 411. The summed E-state index contributed by atoms with van der Waals surface area (Å²) >= 11 is 0. The Morgan fingerprint density at radius 2 is 1.67 bits per heavy atom. The monoisotopic (exact) mass is 247 g/mol. The third kappa shape index (κ3) is 2.91. The zero-order valence-corrected chi connectivity index (χ0v) is 11.6. The van der Waals surface area contributed by atoms with Crippen molar-refractivity contribution in [3.05, 3.63) is 35.4 Å². The molecular formula is C15H23N2O+. The van der Waals surface area contributed by atoms with Crippen LogP contribution in [0.15, 0.2) is 24.3 Å². The van der Waals surface area contributed by atoms with Gasteiger partial charge in [-0.3, -0.25) is 4.79 Å². The minimum atomic E-state index is 0.141. The predicted molar refractivity (Wildman–Crippen MR) is 72.7 cm³/mol. The Kier molecular flexibility index (Phi) is 3.71. The normalized spacial score (nSPS) is 16.7. The lowest BCUT2D eigenvalue weighted by Crippen LogP contribution is -2.89. The lowest BCUT2D eigenvalue weighted by Gasteiger charge is -2.25. The fourth-order valence-corrected chi connectivity index (χ4v) is 2.25. The third-order valence-corrected chi connectivity index (χ3v) is 3.49. The van der Waals surface area contributed by atoms with Gasteiger partial charge in [0.15, 0.2) is 0 Å². The first kappa shape index (κ1) is 13.1. The number of rotatable bonds is 1. The Labute approximate surface area is 109 Å². The molecule has 1 fully saturated rings. The van der Waals surface area contributed by atoms with Crippen molar-refractivity contribution in [3.8, 4) is 0 Å². The van der Waals surface area contributed by atoms with E-state index in [-0.39, 0.29) is 11.3 Å². The van der Waals surface area contributed by atoms with E-state index < -0.39 is 0 Å². The van der Waals surface area contributed by atoms with Crippen molar-refractivity contribution in [1.82, 2.24) is 4.90 Å². The molecule has 2 N–H and O–H groups in total. The number of piperazine rings is 1. The van der Waals surface area contributed by atoms with Gasteiger partial charge in [0.05, 0.1) is 26.2 Å². The summed E-state index contributed by atoms with van der Waals surface area (Å²) in [5.41, 5.74) is 2.22. The highest BCUT2D eigenvalue weighted by Crippen LogP contribution is 2.22. The van der Waals surface area contributed by atoms with Gasteiger partial charge in [0.1, 0.15) is 0 Å². The average Bonchev–Trinajstić information content (AvgIpc) is 2.38.